The van der Waals surface area contributed by atoms with E-state index >= 15 is 8.78 Å². The highest BCUT2D eigenvalue weighted by atomic mass is 19.1. The van der Waals surface area contributed by atoms with Crippen molar-refractivity contribution in [1.82, 2.24) is 97.6 Å². The van der Waals surface area contributed by atoms with Crippen molar-refractivity contribution in [3.63, 3.8) is 0 Å². The van der Waals surface area contributed by atoms with Gasteiger partial charge in [-0.15, -0.1) is 0 Å². The molecule has 20 heterocycles. The number of aromatic nitrogens is 20. The number of nitrogens with one attached hydrogen (secondary N) is 1. The van der Waals surface area contributed by atoms with Crippen molar-refractivity contribution in [2.24, 2.45) is 0 Å². The van der Waals surface area contributed by atoms with E-state index in [0.717, 1.165) is 274 Å². The number of hydrogen-bond donors (Lipinski definition) is 1. The Morgan fingerprint density at radius 2 is 0.560 bits per heavy atom. The van der Waals surface area contributed by atoms with Crippen molar-refractivity contribution in [1.29, 1.82) is 0 Å². The molecule has 26 nitrogen and oxygen atoms in total. The van der Waals surface area contributed by atoms with Gasteiger partial charge in [0.1, 0.15) is 46.6 Å². The maximum Gasteiger partial charge on any atom is 0.148 e. The molecule has 5 aliphatic rings. The maximum absolute atomic E-state index is 15.3. The molecular weight excluding hydrogens is 1770 g/mol. The van der Waals surface area contributed by atoms with Gasteiger partial charge < -0.3 is 29.7 Å². The third-order valence-corrected chi connectivity index (χ3v) is 26.6. The third kappa shape index (κ3) is 19.7. The van der Waals surface area contributed by atoms with Crippen LogP contribution in [-0.4, -0.2) is 169 Å². The predicted octanol–water partition coefficient (Wildman–Crippen LogP) is 22.8. The maximum atomic E-state index is 15.3. The first-order chi connectivity index (χ1) is 69.2. The minimum atomic E-state index is -0.269. The van der Waals surface area contributed by atoms with Gasteiger partial charge in [0.15, 0.2) is 0 Å². The van der Waals surface area contributed by atoms with Crippen molar-refractivity contribution < 1.29 is 17.9 Å². The number of benzene rings is 5. The van der Waals surface area contributed by atoms with Crippen LogP contribution < -0.4 is 24.9 Å². The smallest absolute Gasteiger partial charge is 0.148 e. The number of aryl methyl sites for hydroxylation is 5. The van der Waals surface area contributed by atoms with Crippen LogP contribution in [0.25, 0.3) is 141 Å². The van der Waals surface area contributed by atoms with E-state index in [1.165, 1.54) is 24.9 Å². The Morgan fingerprint density at radius 3 is 0.894 bits per heavy atom. The number of ether oxygens (including phenoxy) is 1. The number of halogens is 3. The summed E-state index contributed by atoms with van der Waals surface area (Å²) in [7, 11) is 0. The average molecular weight is 1880 g/mol. The molecule has 0 atom stereocenters. The van der Waals surface area contributed by atoms with Crippen LogP contribution in [0.2, 0.25) is 0 Å². The van der Waals surface area contributed by atoms with Gasteiger partial charge in [0, 0.05) is 171 Å². The number of pyridine rings is 10. The molecule has 5 aromatic carbocycles. The fraction of sp³-hybridized carbons (Fsp3) is 0.241. The number of hydrogen-bond acceptors (Lipinski definition) is 21. The Labute approximate surface area is 814 Å². The molecule has 29 heteroatoms. The van der Waals surface area contributed by atoms with E-state index in [9.17, 15) is 4.39 Å². The Hall–Kier alpha value is -16.3. The number of fused-ring (bicyclic) bond motifs is 5. The van der Waals surface area contributed by atoms with Crippen LogP contribution in [-0.2, 0) is 4.74 Å². The van der Waals surface area contributed by atoms with Crippen molar-refractivity contribution in [2.75, 3.05) is 90.5 Å². The van der Waals surface area contributed by atoms with Crippen molar-refractivity contribution in [3.05, 3.63) is 333 Å². The number of anilines is 5. The van der Waals surface area contributed by atoms with E-state index in [1.807, 2.05) is 195 Å². The highest BCUT2D eigenvalue weighted by molar-refractivity contribution is 5.88. The molecule has 0 bridgehead atoms. The van der Waals surface area contributed by atoms with Crippen LogP contribution in [0, 0.1) is 52.1 Å². The predicted molar refractivity (Wildman–Crippen MR) is 552 cm³/mol. The summed E-state index contributed by atoms with van der Waals surface area (Å²) in [5.41, 5.74) is 26.8. The third-order valence-electron chi connectivity index (χ3n) is 26.6. The SMILES string of the molecule is Cc1ccc(-n2c(-c3ccc(N4CCCC4)c(F)c3)nc3ccncc32)cn1.Cc1ccc(-n2c(-c3ccc(N4CCCC4)cc3)nc3ccncc32)cn1.Cc1ccc(-n2c(-c3ccc(N4CCCC4)cc3F)nc3ccncc32)cn1.Cc1ccc(-n2c(-c3ccc(N4CCCCC4)cc3F)nc3ccncc32)cn1.Cc1ccc(-n2c(-c3ccc(NC4CCOCC4)cc3)nc3ccncc32)cn1. The van der Waals surface area contributed by atoms with E-state index in [2.05, 4.69) is 145 Å². The number of nitrogens with zero attached hydrogens (tertiary/aromatic N) is 24. The molecule has 0 aliphatic carbocycles. The molecule has 706 valence electrons. The van der Waals surface area contributed by atoms with Crippen LogP contribution in [0.5, 0.6) is 0 Å². The lowest BCUT2D eigenvalue weighted by Gasteiger charge is -2.29. The van der Waals surface area contributed by atoms with Crippen LogP contribution in [0.4, 0.5) is 41.6 Å². The summed E-state index contributed by atoms with van der Waals surface area (Å²) >= 11 is 0. The minimum Gasteiger partial charge on any atom is -0.382 e. The summed E-state index contributed by atoms with van der Waals surface area (Å²) in [5.74, 6) is 2.85. The van der Waals surface area contributed by atoms with Gasteiger partial charge in [0.2, 0.25) is 0 Å². The molecule has 20 aromatic rings. The monoisotopic (exact) mass is 1870 g/mol. The topological polar surface area (TPSA) is 252 Å². The summed E-state index contributed by atoms with van der Waals surface area (Å²) in [5, 5.41) is 3.61. The summed E-state index contributed by atoms with van der Waals surface area (Å²) in [6, 6.07) is 63.4. The fourth-order valence-electron chi connectivity index (χ4n) is 19.2. The zero-order chi connectivity index (χ0) is 95.8. The first kappa shape index (κ1) is 91.1. The lowest BCUT2D eigenvalue weighted by Crippen LogP contribution is -2.29. The highest BCUT2D eigenvalue weighted by Gasteiger charge is 2.28. The summed E-state index contributed by atoms with van der Waals surface area (Å²) in [6.07, 6.45) is 39.6. The molecule has 25 rings (SSSR count). The lowest BCUT2D eigenvalue weighted by molar-refractivity contribution is 0.0904. The van der Waals surface area contributed by atoms with E-state index in [0.29, 0.717) is 40.3 Å². The number of piperidine rings is 1. The summed E-state index contributed by atoms with van der Waals surface area (Å²) < 4.78 is 60.9. The van der Waals surface area contributed by atoms with Crippen molar-refractivity contribution in [3.8, 4) is 85.4 Å². The number of imidazole rings is 5. The van der Waals surface area contributed by atoms with Gasteiger partial charge in [-0.25, -0.2) is 38.1 Å². The number of rotatable bonds is 16. The molecule has 5 fully saturated rings. The van der Waals surface area contributed by atoms with Gasteiger partial charge in [-0.2, -0.15) is 0 Å². The highest BCUT2D eigenvalue weighted by Crippen LogP contribution is 2.40. The lowest BCUT2D eigenvalue weighted by atomic mass is 10.1. The van der Waals surface area contributed by atoms with Gasteiger partial charge in [-0.05, 0) is 299 Å². The standard InChI is InChI=1S/C23H22FN5.C23H23N5O.2C22H20FN5.C22H21N5/c1-16-5-6-18(14-26-16)29-22-15-25-10-9-21(22)27-23(29)19-8-7-17(13-20(19)24)28-11-3-2-4-12-28;1-16-2-7-20(14-25-16)28-22-15-24-11-8-21(22)27-23(28)17-3-5-18(6-4-17)26-19-9-12-29-13-10-19;1-15-4-6-17(13-25-15)28-21-14-24-9-8-19(21)26-22(28)16-5-7-20(18(23)12-16)27-10-2-3-11-27;1-15-4-5-17(13-25-15)28-21-14-24-9-8-20(21)26-22(28)18-7-6-16(12-19(18)23)27-10-2-3-11-27;1-16-4-7-19(14-24-16)27-21-15-23-11-10-20(21)25-22(27)17-5-8-18(9-6-17)26-12-2-3-13-26/h5-10,13-15H,2-4,11-12H2,1H3;2-8,11,14-15,19,26H,9-10,12-13H2,1H3;2*4-9,12-14H,2-3,10-11H2,1H3;4-11,14-15H,2-3,12-13H2,1H3. The summed E-state index contributed by atoms with van der Waals surface area (Å²) in [4.78, 5) is 76.5. The molecule has 0 saturated carbocycles. The second-order valence-electron chi connectivity index (χ2n) is 36.2. The molecule has 0 spiro atoms. The van der Waals surface area contributed by atoms with Crippen molar-refractivity contribution >= 4 is 83.6 Å². The molecule has 0 unspecified atom stereocenters. The Morgan fingerprint density at radius 1 is 0.270 bits per heavy atom. The Kier molecular flexibility index (Phi) is 26.6. The van der Waals surface area contributed by atoms with E-state index in [4.69, 9.17) is 29.7 Å². The van der Waals surface area contributed by atoms with Gasteiger partial charge >= 0.3 is 0 Å². The largest absolute Gasteiger partial charge is 0.382 e. The first-order valence-corrected chi connectivity index (χ1v) is 48.4. The molecule has 1 N–H and O–H groups in total. The van der Waals surface area contributed by atoms with Crippen LogP contribution in [0.1, 0.15) is 99.1 Å². The van der Waals surface area contributed by atoms with E-state index in [-0.39, 0.29) is 17.5 Å². The molecule has 0 amide bonds. The Bertz CT molecular complexity index is 7770. The quantitative estimate of drug-likeness (QED) is 0.0943. The minimum absolute atomic E-state index is 0.210. The first-order valence-electron chi connectivity index (χ1n) is 48.4. The van der Waals surface area contributed by atoms with Crippen molar-refractivity contribution in [2.45, 2.75) is 111 Å². The van der Waals surface area contributed by atoms with Crippen LogP contribution in [0.3, 0.4) is 0 Å². The van der Waals surface area contributed by atoms with Gasteiger partial charge in [-0.1, -0.05) is 0 Å². The normalized spacial score (nSPS) is 14.4. The van der Waals surface area contributed by atoms with E-state index < -0.39 is 0 Å². The zero-order valence-electron chi connectivity index (χ0n) is 79.3. The van der Waals surface area contributed by atoms with Crippen LogP contribution in [0.15, 0.2) is 287 Å². The second kappa shape index (κ2) is 41.2. The van der Waals surface area contributed by atoms with Gasteiger partial charge in [0.25, 0.3) is 0 Å². The fourth-order valence-corrected chi connectivity index (χ4v) is 19.2. The summed E-state index contributed by atoms with van der Waals surface area (Å²) in [6.45, 7) is 19.5. The second-order valence-corrected chi connectivity index (χ2v) is 36.2. The molecule has 15 aromatic heterocycles. The average Bonchev–Trinajstić information content (AvgIpc) is 1.62. The molecular formula is C112H106F3N25O. The van der Waals surface area contributed by atoms with Gasteiger partial charge in [-0.3, -0.25) is 72.7 Å². The molecule has 141 heavy (non-hydrogen) atoms. The molecule has 0 radical (unpaired) electrons. The molecule has 5 saturated heterocycles. The molecule has 5 aliphatic heterocycles. The zero-order valence-corrected chi connectivity index (χ0v) is 79.3. The Balaban J connectivity index is 0.000000104. The van der Waals surface area contributed by atoms with E-state index in [1.54, 1.807) is 80.2 Å². The van der Waals surface area contributed by atoms with Crippen LogP contribution >= 0.6 is 0 Å². The van der Waals surface area contributed by atoms with Gasteiger partial charge in [0.05, 0.1) is 162 Å².